The fourth-order valence-corrected chi connectivity index (χ4v) is 3.12. The van der Waals surface area contributed by atoms with Gasteiger partial charge < -0.3 is 5.32 Å². The van der Waals surface area contributed by atoms with Gasteiger partial charge in [0.25, 0.3) is 5.91 Å². The lowest BCUT2D eigenvalue weighted by Gasteiger charge is -2.07. The molecule has 3 aromatic rings. The first-order chi connectivity index (χ1) is 12.5. The van der Waals surface area contributed by atoms with Crippen LogP contribution in [0.1, 0.15) is 39.3 Å². The molecule has 2 heterocycles. The van der Waals surface area contributed by atoms with Gasteiger partial charge in [-0.3, -0.25) is 14.2 Å². The van der Waals surface area contributed by atoms with Gasteiger partial charge in [0.15, 0.2) is 0 Å². The topological polar surface area (TPSA) is 64.7 Å². The first-order valence-corrected chi connectivity index (χ1v) is 8.88. The van der Waals surface area contributed by atoms with E-state index in [9.17, 15) is 4.79 Å². The molecule has 1 N–H and O–H groups in total. The minimum atomic E-state index is -0.0505. The highest BCUT2D eigenvalue weighted by Gasteiger charge is 2.18. The number of carbonyl (C=O) groups is 1. The third-order valence-electron chi connectivity index (χ3n) is 4.47. The Morgan fingerprint density at radius 3 is 2.62 bits per heavy atom. The summed E-state index contributed by atoms with van der Waals surface area (Å²) in [6, 6.07) is 10.1. The van der Waals surface area contributed by atoms with Crippen molar-refractivity contribution in [2.75, 3.05) is 6.54 Å². The summed E-state index contributed by atoms with van der Waals surface area (Å²) >= 11 is 0. The Bertz CT molecular complexity index is 879. The summed E-state index contributed by atoms with van der Waals surface area (Å²) in [5.41, 5.74) is 4.70. The molecule has 0 aliphatic rings. The Morgan fingerprint density at radius 2 is 1.92 bits per heavy atom. The zero-order valence-electron chi connectivity index (χ0n) is 15.6. The van der Waals surface area contributed by atoms with E-state index in [1.807, 2.05) is 56.2 Å². The highest BCUT2D eigenvalue weighted by atomic mass is 16.1. The van der Waals surface area contributed by atoms with E-state index in [0.717, 1.165) is 24.2 Å². The standard InChI is InChI=1S/C20H25N5O/c1-15-19(16(2)25(23-15)14-17-8-5-4-6-9-17)20(26)21-11-7-10-18-12-22-24(3)13-18/h4-6,8-9,12-13H,7,10-11,14H2,1-3H3,(H,21,26). The van der Waals surface area contributed by atoms with E-state index in [0.29, 0.717) is 18.7 Å². The van der Waals surface area contributed by atoms with Crippen molar-refractivity contribution >= 4 is 5.91 Å². The number of rotatable bonds is 7. The molecule has 26 heavy (non-hydrogen) atoms. The summed E-state index contributed by atoms with van der Waals surface area (Å²) in [6.07, 6.45) is 5.65. The molecular formula is C20H25N5O. The molecule has 0 spiro atoms. The zero-order valence-corrected chi connectivity index (χ0v) is 15.6. The summed E-state index contributed by atoms with van der Waals surface area (Å²) in [6.45, 7) is 5.14. The predicted octanol–water partition coefficient (Wildman–Crippen LogP) is 2.64. The van der Waals surface area contributed by atoms with Crippen LogP contribution in [0.25, 0.3) is 0 Å². The third kappa shape index (κ3) is 4.20. The van der Waals surface area contributed by atoms with Crippen LogP contribution in [0.2, 0.25) is 0 Å². The van der Waals surface area contributed by atoms with Crippen LogP contribution in [0.5, 0.6) is 0 Å². The van der Waals surface area contributed by atoms with Crippen molar-refractivity contribution in [3.05, 3.63) is 70.8 Å². The molecule has 0 fully saturated rings. The van der Waals surface area contributed by atoms with E-state index in [4.69, 9.17) is 0 Å². The van der Waals surface area contributed by atoms with Crippen molar-refractivity contribution in [3.63, 3.8) is 0 Å². The second-order valence-electron chi connectivity index (χ2n) is 6.57. The van der Waals surface area contributed by atoms with Gasteiger partial charge in [-0.2, -0.15) is 10.2 Å². The smallest absolute Gasteiger partial charge is 0.255 e. The molecule has 0 aliphatic heterocycles. The molecule has 0 radical (unpaired) electrons. The van der Waals surface area contributed by atoms with Crippen molar-refractivity contribution in [3.8, 4) is 0 Å². The first-order valence-electron chi connectivity index (χ1n) is 8.88. The van der Waals surface area contributed by atoms with E-state index in [2.05, 4.69) is 27.6 Å². The minimum absolute atomic E-state index is 0.0505. The van der Waals surface area contributed by atoms with Gasteiger partial charge in [-0.1, -0.05) is 30.3 Å². The number of carbonyl (C=O) groups excluding carboxylic acids is 1. The number of benzene rings is 1. The molecule has 3 rings (SSSR count). The van der Waals surface area contributed by atoms with E-state index in [1.165, 1.54) is 11.1 Å². The van der Waals surface area contributed by atoms with Gasteiger partial charge >= 0.3 is 0 Å². The zero-order chi connectivity index (χ0) is 18.5. The molecule has 0 aliphatic carbocycles. The van der Waals surface area contributed by atoms with Gasteiger partial charge in [0, 0.05) is 25.5 Å². The Morgan fingerprint density at radius 1 is 1.15 bits per heavy atom. The fourth-order valence-electron chi connectivity index (χ4n) is 3.12. The number of hydrogen-bond donors (Lipinski definition) is 1. The van der Waals surface area contributed by atoms with Crippen LogP contribution in [0, 0.1) is 13.8 Å². The van der Waals surface area contributed by atoms with E-state index in [-0.39, 0.29) is 5.91 Å². The summed E-state index contributed by atoms with van der Waals surface area (Å²) in [5.74, 6) is -0.0505. The Balaban J connectivity index is 1.58. The van der Waals surface area contributed by atoms with Crippen molar-refractivity contribution < 1.29 is 4.79 Å². The van der Waals surface area contributed by atoms with Crippen LogP contribution in [-0.4, -0.2) is 32.0 Å². The Hall–Kier alpha value is -2.89. The summed E-state index contributed by atoms with van der Waals surface area (Å²) < 4.78 is 3.69. The van der Waals surface area contributed by atoms with Gasteiger partial charge in [-0.15, -0.1) is 0 Å². The molecule has 2 aromatic heterocycles. The van der Waals surface area contributed by atoms with Gasteiger partial charge in [0.2, 0.25) is 0 Å². The molecule has 1 aromatic carbocycles. The number of aryl methyl sites for hydroxylation is 3. The summed E-state index contributed by atoms with van der Waals surface area (Å²) in [4.78, 5) is 12.6. The van der Waals surface area contributed by atoms with Crippen LogP contribution >= 0.6 is 0 Å². The molecule has 0 unspecified atom stereocenters. The minimum Gasteiger partial charge on any atom is -0.352 e. The number of hydrogen-bond acceptors (Lipinski definition) is 3. The van der Waals surface area contributed by atoms with Crippen LogP contribution in [0.3, 0.4) is 0 Å². The molecule has 136 valence electrons. The maximum atomic E-state index is 12.6. The van der Waals surface area contributed by atoms with Crippen molar-refractivity contribution in [1.29, 1.82) is 0 Å². The average Bonchev–Trinajstić information content (AvgIpc) is 3.15. The SMILES string of the molecule is Cc1nn(Cc2ccccc2)c(C)c1C(=O)NCCCc1cnn(C)c1. The molecule has 0 atom stereocenters. The van der Waals surface area contributed by atoms with Crippen LogP contribution in [-0.2, 0) is 20.0 Å². The Kier molecular flexibility index (Phi) is 5.51. The number of nitrogens with one attached hydrogen (secondary N) is 1. The van der Waals surface area contributed by atoms with Crippen molar-refractivity contribution in [2.45, 2.75) is 33.2 Å². The van der Waals surface area contributed by atoms with Crippen molar-refractivity contribution in [1.82, 2.24) is 24.9 Å². The van der Waals surface area contributed by atoms with Crippen LogP contribution in [0.4, 0.5) is 0 Å². The van der Waals surface area contributed by atoms with E-state index >= 15 is 0 Å². The van der Waals surface area contributed by atoms with E-state index in [1.54, 1.807) is 4.68 Å². The molecule has 1 amide bonds. The molecule has 6 nitrogen and oxygen atoms in total. The number of nitrogens with zero attached hydrogens (tertiary/aromatic N) is 4. The van der Waals surface area contributed by atoms with Gasteiger partial charge in [-0.25, -0.2) is 0 Å². The fraction of sp³-hybridized carbons (Fsp3) is 0.350. The first kappa shape index (κ1) is 17.9. The average molecular weight is 351 g/mol. The molecule has 0 bridgehead atoms. The summed E-state index contributed by atoms with van der Waals surface area (Å²) in [5, 5.41) is 11.7. The van der Waals surface area contributed by atoms with Crippen LogP contribution < -0.4 is 5.32 Å². The van der Waals surface area contributed by atoms with E-state index < -0.39 is 0 Å². The number of aromatic nitrogens is 4. The monoisotopic (exact) mass is 351 g/mol. The predicted molar refractivity (Wildman–Crippen MR) is 101 cm³/mol. The van der Waals surface area contributed by atoms with Gasteiger partial charge in [-0.05, 0) is 37.8 Å². The lowest BCUT2D eigenvalue weighted by molar-refractivity contribution is 0.0952. The molecule has 6 heteroatoms. The van der Waals surface area contributed by atoms with Gasteiger partial charge in [0.05, 0.1) is 24.0 Å². The molecule has 0 saturated carbocycles. The second kappa shape index (κ2) is 7.99. The lowest BCUT2D eigenvalue weighted by atomic mass is 10.1. The normalized spacial score (nSPS) is 10.9. The van der Waals surface area contributed by atoms with Gasteiger partial charge in [0.1, 0.15) is 0 Å². The quantitative estimate of drug-likeness (QED) is 0.666. The maximum Gasteiger partial charge on any atom is 0.255 e. The molecular weight excluding hydrogens is 326 g/mol. The third-order valence-corrected chi connectivity index (χ3v) is 4.47. The highest BCUT2D eigenvalue weighted by molar-refractivity contribution is 5.96. The number of amides is 1. The highest BCUT2D eigenvalue weighted by Crippen LogP contribution is 2.15. The summed E-state index contributed by atoms with van der Waals surface area (Å²) in [7, 11) is 1.91. The second-order valence-corrected chi connectivity index (χ2v) is 6.57. The van der Waals surface area contributed by atoms with Crippen molar-refractivity contribution in [2.24, 2.45) is 7.05 Å². The Labute approximate surface area is 153 Å². The largest absolute Gasteiger partial charge is 0.352 e. The van der Waals surface area contributed by atoms with Crippen LogP contribution in [0.15, 0.2) is 42.7 Å². The lowest BCUT2D eigenvalue weighted by Crippen LogP contribution is -2.26. The molecule has 0 saturated heterocycles. The maximum absolute atomic E-state index is 12.6.